The third kappa shape index (κ3) is 3.27. The molecule has 0 radical (unpaired) electrons. The Hall–Kier alpha value is -2.89. The lowest BCUT2D eigenvalue weighted by Crippen LogP contribution is -2.13. The van der Waals surface area contributed by atoms with E-state index >= 15 is 0 Å². The zero-order chi connectivity index (χ0) is 19.7. The second-order valence-electron chi connectivity index (χ2n) is 6.65. The van der Waals surface area contributed by atoms with Gasteiger partial charge in [-0.2, -0.15) is 0 Å². The Morgan fingerprint density at radius 2 is 1.63 bits per heavy atom. The fourth-order valence-corrected chi connectivity index (χ4v) is 3.56. The number of ether oxygens (including phenoxy) is 4. The molecule has 1 aliphatic rings. The van der Waals surface area contributed by atoms with Crippen molar-refractivity contribution in [3.8, 4) is 34.1 Å². The molecule has 3 rings (SSSR count). The first kappa shape index (κ1) is 18.9. The molecule has 0 spiro atoms. The number of hydrogen-bond acceptors (Lipinski definition) is 5. The van der Waals surface area contributed by atoms with Crippen molar-refractivity contribution in [3.63, 3.8) is 0 Å². The number of rotatable bonds is 6. The van der Waals surface area contributed by atoms with Crippen LogP contribution in [0.3, 0.4) is 0 Å². The van der Waals surface area contributed by atoms with Crippen LogP contribution in [0.1, 0.15) is 35.3 Å². The number of carbonyl (C=O) groups is 1. The number of aromatic carboxylic acids is 1. The van der Waals surface area contributed by atoms with E-state index in [-0.39, 0.29) is 11.7 Å². The van der Waals surface area contributed by atoms with Gasteiger partial charge in [-0.25, -0.2) is 4.79 Å². The van der Waals surface area contributed by atoms with Crippen LogP contribution in [0.5, 0.6) is 23.0 Å². The number of hydrogen-bond donors (Lipinski definition) is 1. The van der Waals surface area contributed by atoms with E-state index < -0.39 is 5.97 Å². The fraction of sp³-hybridized carbons (Fsp3) is 0.381. The first-order chi connectivity index (χ1) is 12.9. The summed E-state index contributed by atoms with van der Waals surface area (Å²) in [5.41, 5.74) is 3.91. The standard InChI is InChI=1S/C21H24O6/c1-11(2)27-17-8-12-6-7-13-15(14(12)9-16(17)21(22)23)10-18(24-3)20(26-5)19(13)25-4/h8-11H,6-7H2,1-5H3,(H,22,23). The minimum Gasteiger partial charge on any atom is -0.493 e. The lowest BCUT2D eigenvalue weighted by molar-refractivity contribution is 0.0690. The summed E-state index contributed by atoms with van der Waals surface area (Å²) < 4.78 is 22.3. The van der Waals surface area contributed by atoms with Crippen LogP contribution < -0.4 is 18.9 Å². The largest absolute Gasteiger partial charge is 0.493 e. The first-order valence-corrected chi connectivity index (χ1v) is 8.80. The normalized spacial score (nSPS) is 12.2. The summed E-state index contributed by atoms with van der Waals surface area (Å²) in [5, 5.41) is 9.66. The molecule has 0 heterocycles. The van der Waals surface area contributed by atoms with Crippen LogP contribution >= 0.6 is 0 Å². The van der Waals surface area contributed by atoms with Gasteiger partial charge in [0.15, 0.2) is 11.5 Å². The predicted octanol–water partition coefficient (Wildman–Crippen LogP) is 3.96. The molecular weight excluding hydrogens is 348 g/mol. The summed E-state index contributed by atoms with van der Waals surface area (Å²) in [6.45, 7) is 3.75. The van der Waals surface area contributed by atoms with Crippen molar-refractivity contribution < 1.29 is 28.8 Å². The van der Waals surface area contributed by atoms with Crippen LogP contribution in [0, 0.1) is 0 Å². The van der Waals surface area contributed by atoms with Gasteiger partial charge < -0.3 is 24.1 Å². The zero-order valence-electron chi connectivity index (χ0n) is 16.2. The topological polar surface area (TPSA) is 74.2 Å². The quantitative estimate of drug-likeness (QED) is 0.827. The number of aryl methyl sites for hydroxylation is 1. The molecule has 0 aromatic heterocycles. The Morgan fingerprint density at radius 3 is 2.19 bits per heavy atom. The molecule has 0 unspecified atom stereocenters. The van der Waals surface area contributed by atoms with E-state index in [4.69, 9.17) is 18.9 Å². The van der Waals surface area contributed by atoms with Crippen LogP contribution in [0.25, 0.3) is 11.1 Å². The monoisotopic (exact) mass is 372 g/mol. The lowest BCUT2D eigenvalue weighted by atomic mass is 9.83. The van der Waals surface area contributed by atoms with Gasteiger partial charge in [0.1, 0.15) is 11.3 Å². The second kappa shape index (κ2) is 7.39. The molecule has 1 N–H and O–H groups in total. The van der Waals surface area contributed by atoms with Crippen molar-refractivity contribution in [2.75, 3.05) is 21.3 Å². The van der Waals surface area contributed by atoms with E-state index in [0.29, 0.717) is 23.0 Å². The average molecular weight is 372 g/mol. The number of benzene rings is 2. The van der Waals surface area contributed by atoms with Crippen LogP contribution in [0.4, 0.5) is 0 Å². The second-order valence-corrected chi connectivity index (χ2v) is 6.65. The Bertz CT molecular complexity index is 885. The Kier molecular flexibility index (Phi) is 5.17. The maximum Gasteiger partial charge on any atom is 0.339 e. The molecule has 144 valence electrons. The van der Waals surface area contributed by atoms with Gasteiger partial charge in [-0.15, -0.1) is 0 Å². The summed E-state index contributed by atoms with van der Waals surface area (Å²) in [5.74, 6) is 1.08. The summed E-state index contributed by atoms with van der Waals surface area (Å²) in [4.78, 5) is 11.8. The molecule has 6 nitrogen and oxygen atoms in total. The minimum absolute atomic E-state index is 0.110. The molecule has 0 aliphatic heterocycles. The minimum atomic E-state index is -1.02. The summed E-state index contributed by atoms with van der Waals surface area (Å²) in [7, 11) is 4.73. The van der Waals surface area contributed by atoms with Gasteiger partial charge in [-0.05, 0) is 61.6 Å². The van der Waals surface area contributed by atoms with Gasteiger partial charge in [-0.3, -0.25) is 0 Å². The van der Waals surface area contributed by atoms with E-state index in [1.54, 1.807) is 27.4 Å². The molecule has 2 aromatic carbocycles. The zero-order valence-corrected chi connectivity index (χ0v) is 16.2. The van der Waals surface area contributed by atoms with Crippen molar-refractivity contribution >= 4 is 5.97 Å². The predicted molar refractivity (Wildman–Crippen MR) is 102 cm³/mol. The number of carboxylic acid groups (broad SMARTS) is 1. The van der Waals surface area contributed by atoms with Crippen LogP contribution in [-0.4, -0.2) is 38.5 Å². The van der Waals surface area contributed by atoms with Gasteiger partial charge >= 0.3 is 5.97 Å². The number of methoxy groups -OCH3 is 3. The van der Waals surface area contributed by atoms with Crippen molar-refractivity contribution in [2.45, 2.75) is 32.8 Å². The third-order valence-electron chi connectivity index (χ3n) is 4.67. The third-order valence-corrected chi connectivity index (χ3v) is 4.67. The smallest absolute Gasteiger partial charge is 0.339 e. The number of carboxylic acids is 1. The highest BCUT2D eigenvalue weighted by Gasteiger charge is 2.28. The average Bonchev–Trinajstić information content (AvgIpc) is 2.64. The van der Waals surface area contributed by atoms with Crippen molar-refractivity contribution in [2.24, 2.45) is 0 Å². The molecule has 0 atom stereocenters. The van der Waals surface area contributed by atoms with Crippen LogP contribution in [0.15, 0.2) is 18.2 Å². The molecule has 0 saturated heterocycles. The molecule has 0 saturated carbocycles. The Labute approximate surface area is 158 Å². The van der Waals surface area contributed by atoms with Gasteiger partial charge in [0.25, 0.3) is 0 Å². The summed E-state index contributed by atoms with van der Waals surface area (Å²) in [6, 6.07) is 5.40. The highest BCUT2D eigenvalue weighted by molar-refractivity contribution is 5.94. The van der Waals surface area contributed by atoms with E-state index in [1.165, 1.54) is 0 Å². The molecule has 0 amide bonds. The lowest BCUT2D eigenvalue weighted by Gasteiger charge is -2.26. The van der Waals surface area contributed by atoms with Crippen LogP contribution in [-0.2, 0) is 12.8 Å². The Morgan fingerprint density at radius 1 is 0.926 bits per heavy atom. The highest BCUT2D eigenvalue weighted by Crippen LogP contribution is 2.49. The fourth-order valence-electron chi connectivity index (χ4n) is 3.56. The van der Waals surface area contributed by atoms with Gasteiger partial charge in [-0.1, -0.05) is 0 Å². The van der Waals surface area contributed by atoms with Gasteiger partial charge in [0, 0.05) is 5.56 Å². The van der Waals surface area contributed by atoms with Crippen molar-refractivity contribution in [1.82, 2.24) is 0 Å². The Balaban J connectivity index is 2.26. The van der Waals surface area contributed by atoms with E-state index in [0.717, 1.165) is 35.1 Å². The van der Waals surface area contributed by atoms with E-state index in [1.807, 2.05) is 26.0 Å². The molecular formula is C21H24O6. The molecule has 6 heteroatoms. The van der Waals surface area contributed by atoms with Crippen molar-refractivity contribution in [3.05, 3.63) is 34.9 Å². The van der Waals surface area contributed by atoms with Gasteiger partial charge in [0.2, 0.25) is 5.75 Å². The highest BCUT2D eigenvalue weighted by atomic mass is 16.5. The summed E-state index contributed by atoms with van der Waals surface area (Å²) in [6.07, 6.45) is 1.39. The molecule has 2 aromatic rings. The molecule has 1 aliphatic carbocycles. The van der Waals surface area contributed by atoms with E-state index in [2.05, 4.69) is 0 Å². The van der Waals surface area contributed by atoms with Crippen LogP contribution in [0.2, 0.25) is 0 Å². The summed E-state index contributed by atoms with van der Waals surface area (Å²) >= 11 is 0. The van der Waals surface area contributed by atoms with Gasteiger partial charge in [0.05, 0.1) is 27.4 Å². The SMILES string of the molecule is COc1cc2c(c(OC)c1OC)CCc1cc(OC(C)C)c(C(=O)O)cc1-2. The first-order valence-electron chi connectivity index (χ1n) is 8.80. The molecule has 0 fully saturated rings. The molecule has 27 heavy (non-hydrogen) atoms. The molecule has 0 bridgehead atoms. The van der Waals surface area contributed by atoms with E-state index in [9.17, 15) is 9.90 Å². The maximum atomic E-state index is 11.8. The maximum absolute atomic E-state index is 11.8. The van der Waals surface area contributed by atoms with Crippen molar-refractivity contribution in [1.29, 1.82) is 0 Å². The number of fused-ring (bicyclic) bond motifs is 3.